The molecule has 1 heterocycles. The standard InChI is InChI=1S/C16H20ClNOS/c1-11(9-13-8-7-12(2)20-13)18-10-16(19)14-5-3-4-6-15(14)17/h3-8,11,16,18-19H,9-10H2,1-2H3. The van der Waals surface area contributed by atoms with Crippen LogP contribution in [-0.4, -0.2) is 17.7 Å². The molecule has 1 aromatic heterocycles. The zero-order valence-electron chi connectivity index (χ0n) is 11.8. The summed E-state index contributed by atoms with van der Waals surface area (Å²) in [5.74, 6) is 0. The largest absolute Gasteiger partial charge is 0.387 e. The SMILES string of the molecule is Cc1ccc(CC(C)NCC(O)c2ccccc2Cl)s1. The van der Waals surface area contributed by atoms with E-state index in [1.807, 2.05) is 29.5 Å². The van der Waals surface area contributed by atoms with Crippen LogP contribution in [0.2, 0.25) is 5.02 Å². The molecule has 20 heavy (non-hydrogen) atoms. The lowest BCUT2D eigenvalue weighted by atomic mass is 10.1. The van der Waals surface area contributed by atoms with Gasteiger partial charge in [0.15, 0.2) is 0 Å². The number of halogens is 1. The van der Waals surface area contributed by atoms with Crippen molar-refractivity contribution in [1.29, 1.82) is 0 Å². The molecule has 2 aromatic rings. The number of aliphatic hydroxyl groups is 1. The summed E-state index contributed by atoms with van der Waals surface area (Å²) in [6, 6.07) is 12.1. The van der Waals surface area contributed by atoms with Gasteiger partial charge in [-0.15, -0.1) is 11.3 Å². The third kappa shape index (κ3) is 4.32. The van der Waals surface area contributed by atoms with Crippen LogP contribution < -0.4 is 5.32 Å². The highest BCUT2D eigenvalue weighted by Crippen LogP contribution is 2.22. The van der Waals surface area contributed by atoms with Gasteiger partial charge in [0.1, 0.15) is 0 Å². The van der Waals surface area contributed by atoms with Crippen molar-refractivity contribution in [3.8, 4) is 0 Å². The predicted molar refractivity (Wildman–Crippen MR) is 86.6 cm³/mol. The van der Waals surface area contributed by atoms with Gasteiger partial charge in [-0.1, -0.05) is 29.8 Å². The lowest BCUT2D eigenvalue weighted by Crippen LogP contribution is -2.31. The van der Waals surface area contributed by atoms with E-state index in [1.54, 1.807) is 6.07 Å². The summed E-state index contributed by atoms with van der Waals surface area (Å²) >= 11 is 7.91. The Labute approximate surface area is 129 Å². The second-order valence-corrected chi connectivity index (χ2v) is 6.84. The van der Waals surface area contributed by atoms with Gasteiger partial charge in [0.05, 0.1) is 6.10 Å². The van der Waals surface area contributed by atoms with Crippen molar-refractivity contribution in [1.82, 2.24) is 5.32 Å². The normalized spacial score (nSPS) is 14.2. The van der Waals surface area contributed by atoms with E-state index in [-0.39, 0.29) is 0 Å². The number of thiophene rings is 1. The van der Waals surface area contributed by atoms with Crippen LogP contribution in [-0.2, 0) is 6.42 Å². The summed E-state index contributed by atoms with van der Waals surface area (Å²) in [5.41, 5.74) is 0.779. The van der Waals surface area contributed by atoms with Gasteiger partial charge in [0.2, 0.25) is 0 Å². The fourth-order valence-electron chi connectivity index (χ4n) is 2.14. The molecule has 1 aromatic carbocycles. The van der Waals surface area contributed by atoms with Crippen LogP contribution in [0.15, 0.2) is 36.4 Å². The third-order valence-corrected chi connectivity index (χ3v) is 4.59. The molecule has 108 valence electrons. The summed E-state index contributed by atoms with van der Waals surface area (Å²) in [4.78, 5) is 2.71. The second kappa shape index (κ2) is 7.23. The minimum atomic E-state index is -0.573. The van der Waals surface area contributed by atoms with Crippen molar-refractivity contribution in [2.24, 2.45) is 0 Å². The average Bonchev–Trinajstić information content (AvgIpc) is 2.82. The fourth-order valence-corrected chi connectivity index (χ4v) is 3.42. The molecule has 0 saturated carbocycles. The molecule has 2 atom stereocenters. The molecule has 0 fully saturated rings. The predicted octanol–water partition coefficient (Wildman–Crippen LogP) is 3.96. The van der Waals surface area contributed by atoms with Crippen LogP contribution >= 0.6 is 22.9 Å². The minimum Gasteiger partial charge on any atom is -0.387 e. The lowest BCUT2D eigenvalue weighted by molar-refractivity contribution is 0.171. The smallest absolute Gasteiger partial charge is 0.0928 e. The Morgan fingerprint density at radius 1 is 1.25 bits per heavy atom. The van der Waals surface area contributed by atoms with E-state index < -0.39 is 6.10 Å². The molecule has 0 bridgehead atoms. The molecule has 4 heteroatoms. The van der Waals surface area contributed by atoms with Crippen molar-refractivity contribution in [3.05, 3.63) is 56.7 Å². The maximum absolute atomic E-state index is 10.2. The van der Waals surface area contributed by atoms with E-state index in [0.717, 1.165) is 12.0 Å². The highest BCUT2D eigenvalue weighted by molar-refractivity contribution is 7.11. The Kier molecular flexibility index (Phi) is 5.61. The molecule has 2 nitrogen and oxygen atoms in total. The monoisotopic (exact) mass is 309 g/mol. The van der Waals surface area contributed by atoms with Crippen LogP contribution in [0.1, 0.15) is 28.3 Å². The average molecular weight is 310 g/mol. The highest BCUT2D eigenvalue weighted by atomic mass is 35.5. The van der Waals surface area contributed by atoms with Crippen molar-refractivity contribution in [3.63, 3.8) is 0 Å². The molecule has 2 rings (SSSR count). The quantitative estimate of drug-likeness (QED) is 0.846. The first-order chi connectivity index (χ1) is 9.56. The van der Waals surface area contributed by atoms with E-state index >= 15 is 0 Å². The van der Waals surface area contributed by atoms with Crippen LogP contribution in [0, 0.1) is 6.92 Å². The van der Waals surface area contributed by atoms with Gasteiger partial charge < -0.3 is 10.4 Å². The van der Waals surface area contributed by atoms with Crippen molar-refractivity contribution >= 4 is 22.9 Å². The molecule has 2 N–H and O–H groups in total. The van der Waals surface area contributed by atoms with Gasteiger partial charge in [-0.2, -0.15) is 0 Å². The molecule has 2 unspecified atom stereocenters. The molecule has 0 radical (unpaired) electrons. The fraction of sp³-hybridized carbons (Fsp3) is 0.375. The minimum absolute atomic E-state index is 0.324. The van der Waals surface area contributed by atoms with Gasteiger partial charge in [-0.3, -0.25) is 0 Å². The zero-order chi connectivity index (χ0) is 14.5. The molecule has 0 amide bonds. The molecular formula is C16H20ClNOS. The Morgan fingerprint density at radius 2 is 2.00 bits per heavy atom. The van der Waals surface area contributed by atoms with Crippen LogP contribution in [0.3, 0.4) is 0 Å². The Hall–Kier alpha value is -0.870. The summed E-state index contributed by atoms with van der Waals surface area (Å²) < 4.78 is 0. The highest BCUT2D eigenvalue weighted by Gasteiger charge is 2.12. The summed E-state index contributed by atoms with van der Waals surface area (Å²) in [6.07, 6.45) is 0.407. The number of hydrogen-bond acceptors (Lipinski definition) is 3. The Bertz CT molecular complexity index is 555. The number of aryl methyl sites for hydroxylation is 1. The number of aliphatic hydroxyl groups excluding tert-OH is 1. The molecule has 0 aliphatic heterocycles. The maximum Gasteiger partial charge on any atom is 0.0928 e. The van der Waals surface area contributed by atoms with E-state index in [9.17, 15) is 5.11 Å². The van der Waals surface area contributed by atoms with Gasteiger partial charge >= 0.3 is 0 Å². The topological polar surface area (TPSA) is 32.3 Å². The number of nitrogens with one attached hydrogen (secondary N) is 1. The van der Waals surface area contributed by atoms with Gasteiger partial charge in [0, 0.05) is 32.9 Å². The van der Waals surface area contributed by atoms with E-state index in [4.69, 9.17) is 11.6 Å². The van der Waals surface area contributed by atoms with Crippen LogP contribution in [0.25, 0.3) is 0 Å². The lowest BCUT2D eigenvalue weighted by Gasteiger charge is -2.17. The number of hydrogen-bond donors (Lipinski definition) is 2. The van der Waals surface area contributed by atoms with Crippen LogP contribution in [0.4, 0.5) is 0 Å². The van der Waals surface area contributed by atoms with Crippen molar-refractivity contribution in [2.75, 3.05) is 6.54 Å². The Morgan fingerprint density at radius 3 is 2.65 bits per heavy atom. The van der Waals surface area contributed by atoms with Crippen LogP contribution in [0.5, 0.6) is 0 Å². The first-order valence-corrected chi connectivity index (χ1v) is 7.97. The van der Waals surface area contributed by atoms with Gasteiger partial charge in [-0.25, -0.2) is 0 Å². The van der Waals surface area contributed by atoms with Gasteiger partial charge in [0.25, 0.3) is 0 Å². The zero-order valence-corrected chi connectivity index (χ0v) is 13.3. The summed E-state index contributed by atoms with van der Waals surface area (Å²) in [7, 11) is 0. The molecular weight excluding hydrogens is 290 g/mol. The van der Waals surface area contributed by atoms with Gasteiger partial charge in [-0.05, 0) is 38.5 Å². The first kappa shape index (κ1) is 15.5. The Balaban J connectivity index is 1.84. The van der Waals surface area contributed by atoms with E-state index in [2.05, 4.69) is 31.3 Å². The molecule has 0 spiro atoms. The number of rotatable bonds is 6. The summed E-state index contributed by atoms with van der Waals surface area (Å²) in [5, 5.41) is 14.2. The number of benzene rings is 1. The summed E-state index contributed by atoms with van der Waals surface area (Å²) in [6.45, 7) is 4.76. The first-order valence-electron chi connectivity index (χ1n) is 6.77. The maximum atomic E-state index is 10.2. The third-order valence-electron chi connectivity index (χ3n) is 3.23. The molecule has 0 aliphatic carbocycles. The van der Waals surface area contributed by atoms with Crippen molar-refractivity contribution < 1.29 is 5.11 Å². The van der Waals surface area contributed by atoms with E-state index in [1.165, 1.54) is 9.75 Å². The molecule has 0 saturated heterocycles. The molecule has 0 aliphatic rings. The van der Waals surface area contributed by atoms with E-state index in [0.29, 0.717) is 17.6 Å². The second-order valence-electron chi connectivity index (χ2n) is 5.06. The van der Waals surface area contributed by atoms with Crippen molar-refractivity contribution in [2.45, 2.75) is 32.4 Å².